The van der Waals surface area contributed by atoms with E-state index in [4.69, 9.17) is 0 Å². The quantitative estimate of drug-likeness (QED) is 0.565. The topological polar surface area (TPSA) is 79.4 Å². The van der Waals surface area contributed by atoms with Crippen molar-refractivity contribution in [3.8, 4) is 10.6 Å². The summed E-state index contributed by atoms with van der Waals surface area (Å²) in [5, 5.41) is 5.67. The highest BCUT2D eigenvalue weighted by atomic mass is 32.2. The number of rotatable bonds is 7. The Bertz CT molecular complexity index is 1170. The van der Waals surface area contributed by atoms with Crippen molar-refractivity contribution in [3.63, 3.8) is 0 Å². The summed E-state index contributed by atoms with van der Waals surface area (Å²) in [6.07, 6.45) is 0.537. The molecular weight excluding hydrogens is 457 g/mol. The van der Waals surface area contributed by atoms with Crippen LogP contribution in [-0.2, 0) is 21.2 Å². The van der Waals surface area contributed by atoms with E-state index in [2.05, 4.69) is 10.3 Å². The van der Waals surface area contributed by atoms with E-state index in [0.29, 0.717) is 18.7 Å². The highest BCUT2D eigenvalue weighted by Gasteiger charge is 2.40. The molecule has 1 atom stereocenters. The van der Waals surface area contributed by atoms with E-state index < -0.39 is 26.8 Å². The smallest absolute Gasteiger partial charge is 0.247 e. The lowest BCUT2D eigenvalue weighted by Crippen LogP contribution is -2.47. The Morgan fingerprint density at radius 3 is 2.68 bits per heavy atom. The first-order valence-corrected chi connectivity index (χ1v) is 13.1. The summed E-state index contributed by atoms with van der Waals surface area (Å²) in [6.45, 7) is 0.339. The molecule has 1 amide bonds. The van der Waals surface area contributed by atoms with Gasteiger partial charge in [-0.05, 0) is 12.1 Å². The van der Waals surface area contributed by atoms with Crippen LogP contribution < -0.4 is 5.32 Å². The van der Waals surface area contributed by atoms with Gasteiger partial charge in [0.25, 0.3) is 0 Å². The van der Waals surface area contributed by atoms with Crippen LogP contribution >= 0.6 is 23.1 Å². The van der Waals surface area contributed by atoms with E-state index in [1.54, 1.807) is 0 Å². The molecule has 3 aromatic rings. The lowest BCUT2D eigenvalue weighted by Gasteiger charge is -2.22. The fourth-order valence-corrected chi connectivity index (χ4v) is 7.29. The van der Waals surface area contributed by atoms with Crippen LogP contribution in [-0.4, -0.2) is 47.8 Å². The van der Waals surface area contributed by atoms with E-state index in [1.807, 2.05) is 35.7 Å². The van der Waals surface area contributed by atoms with Gasteiger partial charge in [0.05, 0.1) is 11.6 Å². The van der Waals surface area contributed by atoms with Crippen molar-refractivity contribution in [1.29, 1.82) is 0 Å². The van der Waals surface area contributed by atoms with E-state index >= 15 is 0 Å². The lowest BCUT2D eigenvalue weighted by molar-refractivity contribution is -0.123. The Kier molecular flexibility index (Phi) is 6.71. The van der Waals surface area contributed by atoms with Crippen LogP contribution in [0.25, 0.3) is 10.6 Å². The van der Waals surface area contributed by atoms with Gasteiger partial charge in [0.15, 0.2) is 0 Å². The fraction of sp³-hybridized carbons (Fsp3) is 0.238. The maximum atomic E-state index is 14.1. The molecule has 162 valence electrons. The Labute approximate surface area is 188 Å². The molecule has 6 nitrogen and oxygen atoms in total. The fourth-order valence-electron chi connectivity index (χ4n) is 3.22. The van der Waals surface area contributed by atoms with E-state index in [9.17, 15) is 17.6 Å². The van der Waals surface area contributed by atoms with Crippen LogP contribution in [0.4, 0.5) is 4.39 Å². The number of sulfonamides is 1. The standard InChI is InChI=1S/C21H20FN3O3S3/c22-17-8-4-5-9-19(17)31(27,28)25-14-29-13-18(25)20(26)23-11-10-16-12-30-21(24-16)15-6-2-1-3-7-15/h1-9,12,18H,10-11,13-14H2,(H,23,26)/t18-/m1/s1. The Balaban J connectivity index is 1.37. The minimum Gasteiger partial charge on any atom is -0.354 e. The number of nitrogens with zero attached hydrogens (tertiary/aromatic N) is 2. The second kappa shape index (κ2) is 9.47. The first-order chi connectivity index (χ1) is 15.0. The molecule has 0 unspecified atom stereocenters. The SMILES string of the molecule is O=C(NCCc1csc(-c2ccccc2)n1)[C@H]1CSCN1S(=O)(=O)c1ccccc1F. The Morgan fingerprint density at radius 1 is 1.16 bits per heavy atom. The van der Waals surface area contributed by atoms with Crippen LogP contribution in [0, 0.1) is 5.82 Å². The molecule has 31 heavy (non-hydrogen) atoms. The van der Waals surface area contributed by atoms with Crippen molar-refractivity contribution in [3.05, 3.63) is 71.5 Å². The monoisotopic (exact) mass is 477 g/mol. The maximum absolute atomic E-state index is 14.1. The van der Waals surface area contributed by atoms with Gasteiger partial charge in [0, 0.05) is 29.7 Å². The molecule has 0 aliphatic carbocycles. The number of nitrogens with one attached hydrogen (secondary N) is 1. The van der Waals surface area contributed by atoms with Crippen molar-refractivity contribution in [1.82, 2.24) is 14.6 Å². The molecule has 10 heteroatoms. The van der Waals surface area contributed by atoms with Crippen LogP contribution in [0.5, 0.6) is 0 Å². The highest BCUT2D eigenvalue weighted by Crippen LogP contribution is 2.29. The van der Waals surface area contributed by atoms with Gasteiger partial charge in [0.2, 0.25) is 15.9 Å². The molecule has 1 aliphatic heterocycles. The molecule has 4 rings (SSSR count). The van der Waals surface area contributed by atoms with Gasteiger partial charge < -0.3 is 5.32 Å². The van der Waals surface area contributed by atoms with Crippen molar-refractivity contribution < 1.29 is 17.6 Å². The Hall–Kier alpha value is -2.27. The van der Waals surface area contributed by atoms with Crippen molar-refractivity contribution in [2.45, 2.75) is 17.4 Å². The first kappa shape index (κ1) is 21.9. The summed E-state index contributed by atoms with van der Waals surface area (Å²) < 4.78 is 40.9. The minimum atomic E-state index is -4.10. The van der Waals surface area contributed by atoms with Gasteiger partial charge >= 0.3 is 0 Å². The van der Waals surface area contributed by atoms with Crippen LogP contribution in [0.2, 0.25) is 0 Å². The number of carbonyl (C=O) groups excluding carboxylic acids is 1. The zero-order valence-corrected chi connectivity index (χ0v) is 18.9. The number of hydrogen-bond acceptors (Lipinski definition) is 6. The summed E-state index contributed by atoms with van der Waals surface area (Å²) in [5.41, 5.74) is 1.90. The Morgan fingerprint density at radius 2 is 1.90 bits per heavy atom. The average Bonchev–Trinajstić information content (AvgIpc) is 3.45. The van der Waals surface area contributed by atoms with Crippen molar-refractivity contribution >= 4 is 39.0 Å². The van der Waals surface area contributed by atoms with Gasteiger partial charge in [0.1, 0.15) is 21.8 Å². The van der Waals surface area contributed by atoms with Gasteiger partial charge in [-0.1, -0.05) is 42.5 Å². The second-order valence-electron chi connectivity index (χ2n) is 6.89. The summed E-state index contributed by atoms with van der Waals surface area (Å²) in [6, 6.07) is 14.2. The number of amides is 1. The molecule has 1 aliphatic rings. The zero-order valence-electron chi connectivity index (χ0n) is 16.4. The molecule has 2 heterocycles. The number of hydrogen-bond donors (Lipinski definition) is 1. The van der Waals surface area contributed by atoms with Crippen LogP contribution in [0.15, 0.2) is 64.9 Å². The number of halogens is 1. The zero-order chi connectivity index (χ0) is 21.8. The maximum Gasteiger partial charge on any atom is 0.247 e. The molecule has 0 radical (unpaired) electrons. The predicted molar refractivity (Wildman–Crippen MR) is 121 cm³/mol. The molecular formula is C21H20FN3O3S3. The molecule has 0 bridgehead atoms. The van der Waals surface area contributed by atoms with Crippen molar-refractivity contribution in [2.75, 3.05) is 18.2 Å². The van der Waals surface area contributed by atoms with Gasteiger partial charge in [-0.3, -0.25) is 4.79 Å². The summed E-state index contributed by atoms with van der Waals surface area (Å²) in [5.74, 6) is -0.768. The average molecular weight is 478 g/mol. The third kappa shape index (κ3) is 4.82. The number of aromatic nitrogens is 1. The van der Waals surface area contributed by atoms with E-state index in [1.165, 1.54) is 41.3 Å². The molecule has 0 spiro atoms. The van der Waals surface area contributed by atoms with E-state index in [-0.39, 0.29) is 11.8 Å². The highest BCUT2D eigenvalue weighted by molar-refractivity contribution is 8.00. The lowest BCUT2D eigenvalue weighted by atomic mass is 10.2. The normalized spacial score (nSPS) is 17.0. The molecule has 1 aromatic heterocycles. The van der Waals surface area contributed by atoms with E-state index in [0.717, 1.165) is 26.6 Å². The number of benzene rings is 2. The third-order valence-corrected chi connectivity index (χ3v) is 8.82. The summed E-state index contributed by atoms with van der Waals surface area (Å²) >= 11 is 2.87. The molecule has 2 aromatic carbocycles. The van der Waals surface area contributed by atoms with Crippen molar-refractivity contribution in [2.24, 2.45) is 0 Å². The number of thioether (sulfide) groups is 1. The molecule has 1 saturated heterocycles. The largest absolute Gasteiger partial charge is 0.354 e. The van der Waals surface area contributed by atoms with Gasteiger partial charge in [-0.2, -0.15) is 4.31 Å². The minimum absolute atomic E-state index is 0.112. The third-order valence-electron chi connectivity index (χ3n) is 4.82. The molecule has 1 N–H and O–H groups in total. The summed E-state index contributed by atoms with van der Waals surface area (Å²) in [4.78, 5) is 16.9. The molecule has 1 fully saturated rings. The van der Waals surface area contributed by atoms with Crippen LogP contribution in [0.3, 0.4) is 0 Å². The molecule has 0 saturated carbocycles. The van der Waals surface area contributed by atoms with Crippen LogP contribution in [0.1, 0.15) is 5.69 Å². The summed E-state index contributed by atoms with van der Waals surface area (Å²) in [7, 11) is -4.10. The van der Waals surface area contributed by atoms with Gasteiger partial charge in [-0.15, -0.1) is 23.1 Å². The van der Waals surface area contributed by atoms with Gasteiger partial charge in [-0.25, -0.2) is 17.8 Å². The predicted octanol–water partition coefficient (Wildman–Crippen LogP) is 3.37. The second-order valence-corrected chi connectivity index (χ2v) is 10.6. The number of carbonyl (C=O) groups is 1. The first-order valence-electron chi connectivity index (χ1n) is 9.58. The number of thiazole rings is 1.